The molecule has 30 heavy (non-hydrogen) atoms. The van der Waals surface area contributed by atoms with Crippen LogP contribution in [0.1, 0.15) is 11.5 Å². The van der Waals surface area contributed by atoms with Gasteiger partial charge in [-0.25, -0.2) is 0 Å². The van der Waals surface area contributed by atoms with E-state index in [0.717, 1.165) is 53.0 Å². The van der Waals surface area contributed by atoms with E-state index in [9.17, 15) is 4.79 Å². The monoisotopic (exact) mass is 405 g/mol. The fourth-order valence-corrected chi connectivity index (χ4v) is 3.91. The topological polar surface area (TPSA) is 72.0 Å². The molecule has 0 saturated carbocycles. The van der Waals surface area contributed by atoms with Gasteiger partial charge in [-0.05, 0) is 31.2 Å². The van der Waals surface area contributed by atoms with Crippen molar-refractivity contribution in [1.29, 1.82) is 0 Å². The number of para-hydroxylation sites is 1. The molecule has 0 aliphatic carbocycles. The molecule has 5 rings (SSSR count). The summed E-state index contributed by atoms with van der Waals surface area (Å²) in [6.07, 6.45) is 0. The Morgan fingerprint density at radius 2 is 1.83 bits per heavy atom. The normalized spacial score (nSPS) is 15.2. The van der Waals surface area contributed by atoms with Crippen LogP contribution in [0, 0.1) is 6.92 Å². The van der Waals surface area contributed by atoms with E-state index in [1.165, 1.54) is 0 Å². The van der Waals surface area contributed by atoms with Crippen LogP contribution in [0.3, 0.4) is 0 Å². The molecule has 0 bridgehead atoms. The molecule has 2 aromatic carbocycles. The minimum absolute atomic E-state index is 0.00378. The molecular weight excluding hydrogens is 382 g/mol. The Kier molecular flexibility index (Phi) is 4.88. The predicted molar refractivity (Wildman–Crippen MR) is 112 cm³/mol. The highest BCUT2D eigenvalue weighted by Crippen LogP contribution is 2.31. The highest BCUT2D eigenvalue weighted by Gasteiger charge is 2.22. The van der Waals surface area contributed by atoms with Gasteiger partial charge >= 0.3 is 0 Å². The molecule has 1 saturated heterocycles. The first-order chi connectivity index (χ1) is 14.7. The zero-order valence-electron chi connectivity index (χ0n) is 16.8. The Hall–Kier alpha value is -3.32. The first-order valence-electron chi connectivity index (χ1n) is 10.1. The zero-order chi connectivity index (χ0) is 20.5. The summed E-state index contributed by atoms with van der Waals surface area (Å²) < 4.78 is 16.8. The van der Waals surface area contributed by atoms with E-state index in [-0.39, 0.29) is 12.5 Å². The van der Waals surface area contributed by atoms with Crippen molar-refractivity contribution in [3.8, 4) is 5.75 Å². The first kappa shape index (κ1) is 18.7. The summed E-state index contributed by atoms with van der Waals surface area (Å²) in [6.45, 7) is 5.66. The number of benzene rings is 2. The van der Waals surface area contributed by atoms with E-state index < -0.39 is 0 Å². The van der Waals surface area contributed by atoms with E-state index in [2.05, 4.69) is 10.1 Å². The number of furan rings is 1. The molecule has 154 valence electrons. The van der Waals surface area contributed by atoms with Crippen LogP contribution in [-0.2, 0) is 11.3 Å². The van der Waals surface area contributed by atoms with Crippen molar-refractivity contribution in [2.24, 2.45) is 0 Å². The molecule has 2 aromatic heterocycles. The smallest absolute Gasteiger partial charge is 0.260 e. The number of aryl methyl sites for hydroxylation is 1. The Morgan fingerprint density at radius 3 is 2.63 bits per heavy atom. The predicted octanol–water partition coefficient (Wildman–Crippen LogP) is 3.61. The molecule has 0 spiro atoms. The molecule has 7 nitrogen and oxygen atoms in total. The Morgan fingerprint density at radius 1 is 1.03 bits per heavy atom. The lowest BCUT2D eigenvalue weighted by molar-refractivity contribution is -0.135. The molecule has 3 heterocycles. The maximum atomic E-state index is 12.6. The summed E-state index contributed by atoms with van der Waals surface area (Å²) in [5.41, 5.74) is 2.59. The summed E-state index contributed by atoms with van der Waals surface area (Å²) in [5.74, 6) is 1.49. The van der Waals surface area contributed by atoms with Crippen LogP contribution in [0.25, 0.3) is 21.9 Å². The number of amides is 1. The number of fused-ring (bicyclic) bond motifs is 3. The Labute approximate surface area is 173 Å². The van der Waals surface area contributed by atoms with Crippen LogP contribution < -0.4 is 4.74 Å². The number of ether oxygens (including phenoxy) is 1. The number of nitrogens with zero attached hydrogens (tertiary/aromatic N) is 3. The van der Waals surface area contributed by atoms with Gasteiger partial charge in [0.2, 0.25) is 0 Å². The molecule has 0 radical (unpaired) electrons. The third-order valence-electron chi connectivity index (χ3n) is 5.50. The maximum absolute atomic E-state index is 12.6. The number of carbonyl (C=O) groups excluding carboxylic acids is 1. The molecule has 0 atom stereocenters. The number of hydrogen-bond donors (Lipinski definition) is 0. The summed E-state index contributed by atoms with van der Waals surface area (Å²) in [4.78, 5) is 16.7. The second-order valence-electron chi connectivity index (χ2n) is 7.63. The number of aromatic nitrogens is 1. The number of hydrogen-bond acceptors (Lipinski definition) is 6. The molecule has 0 unspecified atom stereocenters. The minimum Gasteiger partial charge on any atom is -0.484 e. The lowest BCUT2D eigenvalue weighted by Crippen LogP contribution is -2.49. The van der Waals surface area contributed by atoms with Gasteiger partial charge in [0, 0.05) is 49.6 Å². The van der Waals surface area contributed by atoms with Crippen molar-refractivity contribution >= 4 is 27.8 Å². The molecule has 1 aliphatic heterocycles. The first-order valence-corrected chi connectivity index (χ1v) is 10.1. The van der Waals surface area contributed by atoms with Crippen LogP contribution in [0.2, 0.25) is 0 Å². The van der Waals surface area contributed by atoms with Crippen molar-refractivity contribution in [3.63, 3.8) is 0 Å². The van der Waals surface area contributed by atoms with E-state index >= 15 is 0 Å². The lowest BCUT2D eigenvalue weighted by atomic mass is 10.1. The number of rotatable bonds is 5. The van der Waals surface area contributed by atoms with Gasteiger partial charge in [0.25, 0.3) is 5.91 Å². The van der Waals surface area contributed by atoms with Crippen LogP contribution in [0.5, 0.6) is 5.75 Å². The van der Waals surface area contributed by atoms with Crippen molar-refractivity contribution < 1.29 is 18.5 Å². The van der Waals surface area contributed by atoms with Gasteiger partial charge in [-0.1, -0.05) is 23.4 Å². The van der Waals surface area contributed by atoms with E-state index in [1.54, 1.807) is 0 Å². The fourth-order valence-electron chi connectivity index (χ4n) is 3.91. The van der Waals surface area contributed by atoms with Crippen molar-refractivity contribution in [3.05, 3.63) is 60.0 Å². The third kappa shape index (κ3) is 3.76. The van der Waals surface area contributed by atoms with Gasteiger partial charge in [-0.3, -0.25) is 9.69 Å². The molecule has 1 amide bonds. The van der Waals surface area contributed by atoms with E-state index in [0.29, 0.717) is 18.8 Å². The van der Waals surface area contributed by atoms with E-state index in [1.807, 2.05) is 60.4 Å². The van der Waals surface area contributed by atoms with Crippen molar-refractivity contribution in [2.45, 2.75) is 13.5 Å². The average molecular weight is 405 g/mol. The third-order valence-corrected chi connectivity index (χ3v) is 5.50. The van der Waals surface area contributed by atoms with Gasteiger partial charge in [-0.2, -0.15) is 0 Å². The Bertz CT molecular complexity index is 1190. The molecule has 1 aliphatic rings. The van der Waals surface area contributed by atoms with Crippen LogP contribution in [0.15, 0.2) is 57.5 Å². The lowest BCUT2D eigenvalue weighted by Gasteiger charge is -2.34. The second kappa shape index (κ2) is 7.84. The Balaban J connectivity index is 1.17. The van der Waals surface area contributed by atoms with Crippen molar-refractivity contribution in [2.75, 3.05) is 32.8 Å². The van der Waals surface area contributed by atoms with Crippen LogP contribution >= 0.6 is 0 Å². The number of carbonyl (C=O) groups is 1. The summed E-state index contributed by atoms with van der Waals surface area (Å²) in [7, 11) is 0. The fraction of sp³-hybridized carbons (Fsp3) is 0.304. The highest BCUT2D eigenvalue weighted by molar-refractivity contribution is 6.05. The molecular formula is C23H23N3O4. The summed E-state index contributed by atoms with van der Waals surface area (Å²) >= 11 is 0. The molecule has 7 heteroatoms. The van der Waals surface area contributed by atoms with Gasteiger partial charge in [0.15, 0.2) is 6.61 Å². The van der Waals surface area contributed by atoms with Gasteiger partial charge < -0.3 is 18.6 Å². The van der Waals surface area contributed by atoms with Crippen molar-refractivity contribution in [1.82, 2.24) is 15.0 Å². The SMILES string of the molecule is Cc1cc(CN2CCN(C(=O)COc3ccc4oc5ccccc5c4c3)CC2)no1. The zero-order valence-corrected chi connectivity index (χ0v) is 16.8. The number of piperazine rings is 1. The highest BCUT2D eigenvalue weighted by atomic mass is 16.5. The average Bonchev–Trinajstić information content (AvgIpc) is 3.35. The summed E-state index contributed by atoms with van der Waals surface area (Å²) in [6, 6.07) is 15.5. The van der Waals surface area contributed by atoms with E-state index in [4.69, 9.17) is 13.7 Å². The van der Waals surface area contributed by atoms with Crippen LogP contribution in [0.4, 0.5) is 0 Å². The van der Waals surface area contributed by atoms with Gasteiger partial charge in [-0.15, -0.1) is 0 Å². The second-order valence-corrected chi connectivity index (χ2v) is 7.63. The molecule has 0 N–H and O–H groups in total. The van der Waals surface area contributed by atoms with Gasteiger partial charge in [0.1, 0.15) is 22.7 Å². The molecule has 4 aromatic rings. The molecule has 1 fully saturated rings. The largest absolute Gasteiger partial charge is 0.484 e. The maximum Gasteiger partial charge on any atom is 0.260 e. The minimum atomic E-state index is 0.00378. The quantitative estimate of drug-likeness (QED) is 0.505. The van der Waals surface area contributed by atoms with Gasteiger partial charge in [0.05, 0.1) is 5.69 Å². The van der Waals surface area contributed by atoms with Crippen LogP contribution in [-0.4, -0.2) is 53.6 Å². The summed E-state index contributed by atoms with van der Waals surface area (Å²) in [5, 5.41) is 6.08. The standard InChI is InChI=1S/C23H23N3O4/c1-16-12-17(24-30-16)14-25-8-10-26(11-9-25)23(27)15-28-18-6-7-22-20(13-18)19-4-2-3-5-21(19)29-22/h2-7,12-13H,8-11,14-15H2,1H3.